The van der Waals surface area contributed by atoms with E-state index in [1.165, 1.54) is 16.7 Å². The molecule has 154 valence electrons. The average molecular weight is 383 g/mol. The van der Waals surface area contributed by atoms with Gasteiger partial charge in [-0.1, -0.05) is 78.3 Å². The first-order chi connectivity index (χ1) is 13.1. The molecule has 1 aromatic carbocycles. The normalized spacial score (nSPS) is 25.0. The van der Waals surface area contributed by atoms with Gasteiger partial charge in [-0.15, -0.1) is 0 Å². The summed E-state index contributed by atoms with van der Waals surface area (Å²) in [5.74, 6) is 1.95. The van der Waals surface area contributed by atoms with Gasteiger partial charge in [0.05, 0.1) is 6.61 Å². The Morgan fingerprint density at radius 3 is 2.14 bits per heavy atom. The Kier molecular flexibility index (Phi) is 7.31. The smallest absolute Gasteiger partial charge is 0.330 e. The first kappa shape index (κ1) is 22.5. The van der Waals surface area contributed by atoms with Crippen molar-refractivity contribution in [1.29, 1.82) is 0 Å². The maximum Gasteiger partial charge on any atom is 0.330 e. The highest BCUT2D eigenvalue weighted by atomic mass is 16.5. The number of allylic oxidation sites excluding steroid dienone is 3. The van der Waals surface area contributed by atoms with Gasteiger partial charge in [0.25, 0.3) is 0 Å². The quantitative estimate of drug-likeness (QED) is 0.277. The van der Waals surface area contributed by atoms with Crippen LogP contribution in [-0.2, 0) is 14.9 Å². The Morgan fingerprint density at radius 2 is 1.68 bits per heavy atom. The van der Waals surface area contributed by atoms with Crippen LogP contribution in [-0.4, -0.2) is 12.6 Å². The Balaban J connectivity index is 2.32. The second-order valence-electron chi connectivity index (χ2n) is 9.02. The zero-order chi connectivity index (χ0) is 21.1. The van der Waals surface area contributed by atoms with Gasteiger partial charge in [-0.2, -0.15) is 0 Å². The van der Waals surface area contributed by atoms with Crippen molar-refractivity contribution >= 4 is 5.97 Å². The molecule has 0 aromatic heterocycles. The molecule has 0 saturated heterocycles. The lowest BCUT2D eigenvalue weighted by molar-refractivity contribution is -0.137. The van der Waals surface area contributed by atoms with Crippen LogP contribution in [0.5, 0.6) is 0 Å². The molecule has 1 aliphatic carbocycles. The Bertz CT molecular complexity index is 727. The van der Waals surface area contributed by atoms with Crippen LogP contribution in [0.15, 0.2) is 42.0 Å². The van der Waals surface area contributed by atoms with Crippen molar-refractivity contribution in [3.63, 3.8) is 0 Å². The average Bonchev–Trinajstić information content (AvgIpc) is 3.24. The van der Waals surface area contributed by atoms with E-state index in [2.05, 4.69) is 71.9 Å². The Morgan fingerprint density at radius 1 is 1.11 bits per heavy atom. The molecule has 0 heterocycles. The number of ether oxygens (including phenoxy) is 1. The zero-order valence-corrected chi connectivity index (χ0v) is 19.0. The predicted octanol–water partition coefficient (Wildman–Crippen LogP) is 6.91. The van der Waals surface area contributed by atoms with Crippen LogP contribution in [0.2, 0.25) is 0 Å². The number of benzene rings is 1. The number of rotatable bonds is 8. The van der Waals surface area contributed by atoms with Gasteiger partial charge in [-0.05, 0) is 59.8 Å². The summed E-state index contributed by atoms with van der Waals surface area (Å²) in [4.78, 5) is 11.7. The van der Waals surface area contributed by atoms with Gasteiger partial charge >= 0.3 is 5.97 Å². The van der Waals surface area contributed by atoms with Gasteiger partial charge < -0.3 is 4.74 Å². The molecule has 1 aliphatic rings. The van der Waals surface area contributed by atoms with Crippen LogP contribution < -0.4 is 0 Å². The van der Waals surface area contributed by atoms with E-state index >= 15 is 0 Å². The van der Waals surface area contributed by atoms with E-state index < -0.39 is 0 Å². The summed E-state index contributed by atoms with van der Waals surface area (Å²) in [6.45, 7) is 18.0. The Hall–Kier alpha value is -1.83. The van der Waals surface area contributed by atoms with Crippen molar-refractivity contribution in [2.24, 2.45) is 11.8 Å². The first-order valence-corrected chi connectivity index (χ1v) is 10.8. The van der Waals surface area contributed by atoms with Gasteiger partial charge in [0.15, 0.2) is 0 Å². The van der Waals surface area contributed by atoms with Crippen LogP contribution >= 0.6 is 0 Å². The zero-order valence-electron chi connectivity index (χ0n) is 19.0. The monoisotopic (exact) mass is 382 g/mol. The predicted molar refractivity (Wildman–Crippen MR) is 119 cm³/mol. The second-order valence-corrected chi connectivity index (χ2v) is 9.02. The Labute approximate surface area is 172 Å². The fourth-order valence-electron chi connectivity index (χ4n) is 4.38. The summed E-state index contributed by atoms with van der Waals surface area (Å²) in [5.41, 5.74) is 5.46. The summed E-state index contributed by atoms with van der Waals surface area (Å²) < 4.78 is 5.01. The minimum Gasteiger partial charge on any atom is -0.463 e. The molecule has 1 aromatic rings. The number of carbonyl (C=O) groups excluding carboxylic acids is 1. The van der Waals surface area contributed by atoms with Gasteiger partial charge in [-0.25, -0.2) is 4.79 Å². The molecule has 0 spiro atoms. The molecular formula is C26H38O2. The summed E-state index contributed by atoms with van der Waals surface area (Å²) in [5, 5.41) is 0. The molecule has 1 fully saturated rings. The molecule has 3 atom stereocenters. The van der Waals surface area contributed by atoms with Crippen molar-refractivity contribution < 1.29 is 9.53 Å². The number of hydrogen-bond acceptors (Lipinski definition) is 2. The van der Waals surface area contributed by atoms with E-state index in [4.69, 9.17) is 4.74 Å². The molecule has 0 unspecified atom stereocenters. The SMILES string of the molecule is CCOC(=O)/C=C(C)/C=C/[C@H]1[C@@H](CC)[C@@]1(C)c1cc(C(C)C)cc(C(C)C)c1. The number of esters is 1. The fourth-order valence-corrected chi connectivity index (χ4v) is 4.38. The lowest BCUT2D eigenvalue weighted by atomic mass is 9.85. The molecule has 2 heteroatoms. The van der Waals surface area contributed by atoms with Crippen LogP contribution in [0.4, 0.5) is 0 Å². The van der Waals surface area contributed by atoms with Crippen molar-refractivity contribution in [3.8, 4) is 0 Å². The third kappa shape index (κ3) is 4.77. The summed E-state index contributed by atoms with van der Waals surface area (Å²) in [6.07, 6.45) is 7.13. The van der Waals surface area contributed by atoms with Crippen molar-refractivity contribution in [1.82, 2.24) is 0 Å². The van der Waals surface area contributed by atoms with E-state index in [9.17, 15) is 4.79 Å². The lowest BCUT2D eigenvalue weighted by Crippen LogP contribution is -2.09. The molecule has 0 aliphatic heterocycles. The van der Waals surface area contributed by atoms with E-state index in [0.717, 1.165) is 12.0 Å². The van der Waals surface area contributed by atoms with E-state index in [0.29, 0.717) is 30.3 Å². The van der Waals surface area contributed by atoms with Gasteiger partial charge in [0.2, 0.25) is 0 Å². The van der Waals surface area contributed by atoms with Gasteiger partial charge in [0, 0.05) is 11.5 Å². The van der Waals surface area contributed by atoms with Gasteiger partial charge in [0.1, 0.15) is 0 Å². The third-order valence-electron chi connectivity index (χ3n) is 6.36. The van der Waals surface area contributed by atoms with Crippen molar-refractivity contribution in [2.75, 3.05) is 6.61 Å². The van der Waals surface area contributed by atoms with Crippen molar-refractivity contribution in [2.45, 2.75) is 79.1 Å². The third-order valence-corrected chi connectivity index (χ3v) is 6.36. The molecular weight excluding hydrogens is 344 g/mol. The number of hydrogen-bond donors (Lipinski definition) is 0. The van der Waals surface area contributed by atoms with Crippen LogP contribution in [0.1, 0.15) is 90.3 Å². The maximum absolute atomic E-state index is 11.7. The van der Waals surface area contributed by atoms with Gasteiger partial charge in [-0.3, -0.25) is 0 Å². The molecule has 2 rings (SSSR count). The molecule has 0 bridgehead atoms. The summed E-state index contributed by atoms with van der Waals surface area (Å²) >= 11 is 0. The van der Waals surface area contributed by atoms with E-state index in [1.807, 2.05) is 13.8 Å². The highest BCUT2D eigenvalue weighted by Crippen LogP contribution is 2.62. The lowest BCUT2D eigenvalue weighted by Gasteiger charge is -2.19. The molecule has 0 radical (unpaired) electrons. The topological polar surface area (TPSA) is 26.3 Å². The molecule has 1 saturated carbocycles. The minimum absolute atomic E-state index is 0.171. The largest absolute Gasteiger partial charge is 0.463 e. The molecule has 0 amide bonds. The van der Waals surface area contributed by atoms with Crippen LogP contribution in [0, 0.1) is 11.8 Å². The highest BCUT2D eigenvalue weighted by Gasteiger charge is 2.59. The number of carbonyl (C=O) groups is 1. The van der Waals surface area contributed by atoms with E-state index in [1.54, 1.807) is 6.08 Å². The van der Waals surface area contributed by atoms with Crippen LogP contribution in [0.3, 0.4) is 0 Å². The van der Waals surface area contributed by atoms with Crippen molar-refractivity contribution in [3.05, 3.63) is 58.7 Å². The fraction of sp³-hybridized carbons (Fsp3) is 0.577. The maximum atomic E-state index is 11.7. The molecule has 28 heavy (non-hydrogen) atoms. The molecule has 0 N–H and O–H groups in total. The van der Waals surface area contributed by atoms with Crippen LogP contribution in [0.25, 0.3) is 0 Å². The van der Waals surface area contributed by atoms with E-state index in [-0.39, 0.29) is 11.4 Å². The first-order valence-electron chi connectivity index (χ1n) is 10.8. The molecule has 2 nitrogen and oxygen atoms in total. The minimum atomic E-state index is -0.263. The second kappa shape index (κ2) is 9.11. The highest BCUT2D eigenvalue weighted by molar-refractivity contribution is 5.83. The summed E-state index contributed by atoms with van der Waals surface area (Å²) in [6, 6.07) is 7.23. The standard InChI is InChI=1S/C26H38O2/c1-9-23-24(12-11-19(7)13-25(27)28-10-2)26(23,8)22-15-20(17(3)4)14-21(16-22)18(5)6/h11-18,23-24H,9-10H2,1-8H3/b12-11+,19-13+/t23-,24+,26-/m1/s1. The summed E-state index contributed by atoms with van der Waals surface area (Å²) in [7, 11) is 0.